The number of nitrogens with two attached hydrogens (primary N) is 3. The van der Waals surface area contributed by atoms with Crippen molar-refractivity contribution in [1.29, 1.82) is 0 Å². The van der Waals surface area contributed by atoms with Crippen molar-refractivity contribution in [2.75, 3.05) is 18.8 Å². The summed E-state index contributed by atoms with van der Waals surface area (Å²) in [6.45, 7) is 1.35. The molecule has 0 fully saturated rings. The molecule has 19 heavy (non-hydrogen) atoms. The zero-order valence-electron chi connectivity index (χ0n) is 10.5. The Morgan fingerprint density at radius 2 is 1.79 bits per heavy atom. The van der Waals surface area contributed by atoms with Gasteiger partial charge in [0.15, 0.2) is 0 Å². The van der Waals surface area contributed by atoms with Crippen molar-refractivity contribution in [3.05, 3.63) is 11.9 Å². The van der Waals surface area contributed by atoms with Crippen molar-refractivity contribution in [2.24, 2.45) is 11.5 Å². The van der Waals surface area contributed by atoms with E-state index in [1.807, 2.05) is 0 Å². The van der Waals surface area contributed by atoms with Gasteiger partial charge in [0, 0.05) is 6.54 Å². The summed E-state index contributed by atoms with van der Waals surface area (Å²) in [7, 11) is 0. The normalized spacial score (nSPS) is 10.2. The maximum atomic E-state index is 12.2. The van der Waals surface area contributed by atoms with Gasteiger partial charge in [0.1, 0.15) is 18.8 Å². The highest BCUT2D eigenvalue weighted by molar-refractivity contribution is 6.00. The predicted octanol–water partition coefficient (Wildman–Crippen LogP) is -2.10. The first kappa shape index (κ1) is 14.5. The highest BCUT2D eigenvalue weighted by atomic mass is 16.2. The highest BCUT2D eigenvalue weighted by Crippen LogP contribution is 2.13. The summed E-state index contributed by atoms with van der Waals surface area (Å²) in [5.41, 5.74) is 16.0. The van der Waals surface area contributed by atoms with E-state index in [1.54, 1.807) is 6.92 Å². The maximum Gasteiger partial charge on any atom is 0.275 e. The summed E-state index contributed by atoms with van der Waals surface area (Å²) in [6.07, 6.45) is 1.32. The summed E-state index contributed by atoms with van der Waals surface area (Å²) in [5, 5.41) is 3.91. The zero-order chi connectivity index (χ0) is 14.6. The zero-order valence-corrected chi connectivity index (χ0v) is 10.5. The van der Waals surface area contributed by atoms with Crippen LogP contribution < -0.4 is 17.2 Å². The fraction of sp³-hybridized carbons (Fsp3) is 0.400. The third-order valence-electron chi connectivity index (χ3n) is 2.35. The minimum absolute atomic E-state index is 0.102. The monoisotopic (exact) mass is 268 g/mol. The maximum absolute atomic E-state index is 12.2. The molecule has 0 aliphatic heterocycles. The molecule has 0 aromatic carbocycles. The number of primary amides is 2. The van der Waals surface area contributed by atoms with Gasteiger partial charge in [-0.15, -0.1) is 0 Å². The Bertz CT molecular complexity index is 493. The Labute approximate surface area is 109 Å². The number of rotatable bonds is 6. The molecule has 1 aromatic heterocycles. The average molecular weight is 268 g/mol. The van der Waals surface area contributed by atoms with Crippen LogP contribution in [-0.4, -0.2) is 45.5 Å². The van der Waals surface area contributed by atoms with E-state index in [4.69, 9.17) is 17.2 Å². The molecule has 1 aromatic rings. The molecular formula is C10H16N6O3. The summed E-state index contributed by atoms with van der Waals surface area (Å²) >= 11 is 0. The van der Waals surface area contributed by atoms with Gasteiger partial charge in [-0.2, -0.15) is 5.10 Å². The van der Waals surface area contributed by atoms with Gasteiger partial charge in [-0.25, -0.2) is 0 Å². The second-order valence-electron chi connectivity index (χ2n) is 3.86. The Kier molecular flexibility index (Phi) is 4.46. The minimum atomic E-state index is -0.754. The van der Waals surface area contributed by atoms with E-state index in [0.29, 0.717) is 6.54 Å². The van der Waals surface area contributed by atoms with E-state index in [0.717, 1.165) is 4.90 Å². The summed E-state index contributed by atoms with van der Waals surface area (Å²) < 4.78 is 1.37. The summed E-state index contributed by atoms with van der Waals surface area (Å²) in [5.74, 6) is -2.12. The molecule has 0 radical (unpaired) electrons. The molecule has 0 atom stereocenters. The lowest BCUT2D eigenvalue weighted by Gasteiger charge is -2.20. The molecule has 0 spiro atoms. The van der Waals surface area contributed by atoms with Gasteiger partial charge < -0.3 is 22.1 Å². The van der Waals surface area contributed by atoms with Crippen LogP contribution in [-0.2, 0) is 16.1 Å². The summed E-state index contributed by atoms with van der Waals surface area (Å²) in [6, 6.07) is 0. The SMILES string of the molecule is CCn1ncc(N)c1C(=O)N(CC(N)=O)CC(N)=O. The molecule has 0 saturated heterocycles. The Morgan fingerprint density at radius 1 is 1.26 bits per heavy atom. The van der Waals surface area contributed by atoms with Gasteiger partial charge in [-0.3, -0.25) is 19.1 Å². The molecule has 1 rings (SSSR count). The van der Waals surface area contributed by atoms with Crippen molar-refractivity contribution in [3.63, 3.8) is 0 Å². The molecule has 0 aliphatic rings. The third-order valence-corrected chi connectivity index (χ3v) is 2.35. The molecule has 6 N–H and O–H groups in total. The van der Waals surface area contributed by atoms with Crippen LogP contribution in [0.1, 0.15) is 17.4 Å². The van der Waals surface area contributed by atoms with Crippen molar-refractivity contribution in [3.8, 4) is 0 Å². The van der Waals surface area contributed by atoms with E-state index in [-0.39, 0.29) is 11.4 Å². The number of carbonyl (C=O) groups excluding carboxylic acids is 3. The van der Waals surface area contributed by atoms with Crippen LogP contribution in [0.3, 0.4) is 0 Å². The molecule has 1 heterocycles. The molecule has 0 aliphatic carbocycles. The number of hydrogen-bond donors (Lipinski definition) is 3. The average Bonchev–Trinajstić information content (AvgIpc) is 2.67. The van der Waals surface area contributed by atoms with Crippen molar-refractivity contribution >= 4 is 23.4 Å². The lowest BCUT2D eigenvalue weighted by Crippen LogP contribution is -2.44. The second-order valence-corrected chi connectivity index (χ2v) is 3.86. The van der Waals surface area contributed by atoms with Gasteiger partial charge in [-0.05, 0) is 6.92 Å². The highest BCUT2D eigenvalue weighted by Gasteiger charge is 2.24. The van der Waals surface area contributed by atoms with Gasteiger partial charge in [0.05, 0.1) is 11.9 Å². The minimum Gasteiger partial charge on any atom is -0.396 e. The Morgan fingerprint density at radius 3 is 2.21 bits per heavy atom. The Hall–Kier alpha value is -2.58. The van der Waals surface area contributed by atoms with E-state index in [9.17, 15) is 14.4 Å². The molecule has 0 saturated carbocycles. The lowest BCUT2D eigenvalue weighted by atomic mass is 10.3. The van der Waals surface area contributed by atoms with Crippen LogP contribution >= 0.6 is 0 Å². The van der Waals surface area contributed by atoms with Gasteiger partial charge in [-0.1, -0.05) is 0 Å². The number of aromatic nitrogens is 2. The quantitative estimate of drug-likeness (QED) is 0.539. The van der Waals surface area contributed by atoms with Gasteiger partial charge in [0.25, 0.3) is 5.91 Å². The first-order valence-electron chi connectivity index (χ1n) is 5.54. The fourth-order valence-electron chi connectivity index (χ4n) is 1.60. The van der Waals surface area contributed by atoms with Crippen LogP contribution in [0.25, 0.3) is 0 Å². The van der Waals surface area contributed by atoms with Crippen LogP contribution in [0.4, 0.5) is 5.69 Å². The molecule has 3 amide bonds. The van der Waals surface area contributed by atoms with Crippen molar-refractivity contribution in [1.82, 2.24) is 14.7 Å². The molecule has 0 bridgehead atoms. The predicted molar refractivity (Wildman–Crippen MR) is 66.6 cm³/mol. The molecule has 9 nitrogen and oxygen atoms in total. The number of nitrogen functional groups attached to an aromatic ring is 1. The fourth-order valence-corrected chi connectivity index (χ4v) is 1.60. The van der Waals surface area contributed by atoms with Crippen LogP contribution in [0.15, 0.2) is 6.20 Å². The smallest absolute Gasteiger partial charge is 0.275 e. The van der Waals surface area contributed by atoms with Crippen LogP contribution in [0.5, 0.6) is 0 Å². The van der Waals surface area contributed by atoms with Gasteiger partial charge in [0.2, 0.25) is 11.8 Å². The number of nitrogens with zero attached hydrogens (tertiary/aromatic N) is 3. The number of aryl methyl sites for hydroxylation is 1. The molecule has 104 valence electrons. The van der Waals surface area contributed by atoms with Crippen LogP contribution in [0.2, 0.25) is 0 Å². The lowest BCUT2D eigenvalue weighted by molar-refractivity contribution is -0.121. The molecular weight excluding hydrogens is 252 g/mol. The van der Waals surface area contributed by atoms with Crippen LogP contribution in [0, 0.1) is 0 Å². The number of amides is 3. The van der Waals surface area contributed by atoms with Gasteiger partial charge >= 0.3 is 0 Å². The second kappa shape index (κ2) is 5.85. The number of hydrogen-bond acceptors (Lipinski definition) is 5. The van der Waals surface area contributed by atoms with E-state index < -0.39 is 30.8 Å². The number of anilines is 1. The van der Waals surface area contributed by atoms with E-state index in [2.05, 4.69) is 5.10 Å². The largest absolute Gasteiger partial charge is 0.396 e. The topological polar surface area (TPSA) is 150 Å². The third kappa shape index (κ3) is 3.44. The van der Waals surface area contributed by atoms with E-state index >= 15 is 0 Å². The first-order valence-corrected chi connectivity index (χ1v) is 5.54. The summed E-state index contributed by atoms with van der Waals surface area (Å²) in [4.78, 5) is 35.0. The van der Waals surface area contributed by atoms with E-state index in [1.165, 1.54) is 10.9 Å². The van der Waals surface area contributed by atoms with Crippen molar-refractivity contribution in [2.45, 2.75) is 13.5 Å². The standard InChI is InChI=1S/C10H16N6O3/c1-2-16-9(6(11)3-14-16)10(19)15(4-7(12)17)5-8(13)18/h3H,2,4-5,11H2,1H3,(H2,12,17)(H2,13,18). The molecule has 0 unspecified atom stereocenters. The first-order chi connectivity index (χ1) is 8.86. The van der Waals surface area contributed by atoms with Crippen molar-refractivity contribution < 1.29 is 14.4 Å². The Balaban J connectivity index is 3.07. The molecule has 9 heteroatoms. The number of carbonyl (C=O) groups is 3.